The zero-order chi connectivity index (χ0) is 22.2. The van der Waals surface area contributed by atoms with E-state index in [-0.39, 0.29) is 18.9 Å². The average Bonchev–Trinajstić information content (AvgIpc) is 3.21. The van der Waals surface area contributed by atoms with Gasteiger partial charge in [0, 0.05) is 50.2 Å². The molecule has 1 aromatic carbocycles. The summed E-state index contributed by atoms with van der Waals surface area (Å²) in [7, 11) is 0. The van der Waals surface area contributed by atoms with Gasteiger partial charge in [-0.25, -0.2) is 4.98 Å². The zero-order valence-electron chi connectivity index (χ0n) is 17.3. The van der Waals surface area contributed by atoms with Gasteiger partial charge in [-0.1, -0.05) is 12.1 Å². The topological polar surface area (TPSA) is 60.2 Å². The summed E-state index contributed by atoms with van der Waals surface area (Å²) >= 11 is 0. The normalized spacial score (nSPS) is 17.9. The van der Waals surface area contributed by atoms with E-state index in [9.17, 15) is 18.0 Å². The van der Waals surface area contributed by atoms with Crippen molar-refractivity contribution in [1.29, 1.82) is 0 Å². The van der Waals surface area contributed by atoms with Crippen molar-refractivity contribution in [2.75, 3.05) is 19.7 Å². The number of benzene rings is 1. The van der Waals surface area contributed by atoms with Crippen molar-refractivity contribution in [3.05, 3.63) is 47.9 Å². The summed E-state index contributed by atoms with van der Waals surface area (Å²) in [5.74, 6) is -0.155. The molecule has 2 aromatic heterocycles. The monoisotopic (exact) mass is 432 g/mol. The summed E-state index contributed by atoms with van der Waals surface area (Å²) in [4.78, 5) is 18.3. The Morgan fingerprint density at radius 2 is 2.10 bits per heavy atom. The molecular formula is C22H23F3N4O2. The molecule has 31 heavy (non-hydrogen) atoms. The smallest absolute Gasteiger partial charge is 0.366 e. The van der Waals surface area contributed by atoms with E-state index < -0.39 is 12.3 Å². The number of carbonyl (C=O) groups excluding carboxylic acids is 1. The second kappa shape index (κ2) is 8.39. The minimum Gasteiger partial charge on any atom is -0.366 e. The fourth-order valence-electron chi connectivity index (χ4n) is 3.77. The van der Waals surface area contributed by atoms with Crippen LogP contribution in [-0.4, -0.2) is 57.4 Å². The summed E-state index contributed by atoms with van der Waals surface area (Å²) in [6, 6.07) is 7.40. The lowest BCUT2D eigenvalue weighted by Crippen LogP contribution is -2.48. The standard InChI is InChI=1S/C22H23F3N4O2/c1-3-29-12-16(10-26-29)18-9-19(14(2)30)27-20-8-15(4-5-17(18)20)11-28-6-7-31-21(13-28)22(23,24)25/h4-5,8-10,12,21H,3,6-7,11,13H2,1-2H3. The molecule has 4 rings (SSSR count). The Morgan fingerprint density at radius 3 is 2.77 bits per heavy atom. The van der Waals surface area contributed by atoms with Crippen molar-refractivity contribution in [3.63, 3.8) is 0 Å². The van der Waals surface area contributed by atoms with Gasteiger partial charge in [-0.2, -0.15) is 18.3 Å². The number of nitrogens with zero attached hydrogens (tertiary/aromatic N) is 4. The van der Waals surface area contributed by atoms with Crippen molar-refractivity contribution >= 4 is 16.7 Å². The molecule has 3 aromatic rings. The highest BCUT2D eigenvalue weighted by Crippen LogP contribution is 2.30. The molecule has 6 nitrogen and oxygen atoms in total. The van der Waals surface area contributed by atoms with Gasteiger partial charge >= 0.3 is 6.18 Å². The van der Waals surface area contributed by atoms with E-state index in [0.717, 1.165) is 28.6 Å². The van der Waals surface area contributed by atoms with Crippen molar-refractivity contribution in [2.45, 2.75) is 39.2 Å². The number of hydrogen-bond acceptors (Lipinski definition) is 5. The number of halogens is 3. The number of alkyl halides is 3. The van der Waals surface area contributed by atoms with Crippen LogP contribution in [0, 0.1) is 0 Å². The maximum Gasteiger partial charge on any atom is 0.415 e. The van der Waals surface area contributed by atoms with Crippen LogP contribution in [0.25, 0.3) is 22.0 Å². The lowest BCUT2D eigenvalue weighted by Gasteiger charge is -2.33. The first kappa shape index (κ1) is 21.5. The predicted molar refractivity (Wildman–Crippen MR) is 110 cm³/mol. The van der Waals surface area contributed by atoms with Crippen LogP contribution in [-0.2, 0) is 17.8 Å². The third-order valence-electron chi connectivity index (χ3n) is 5.43. The number of pyridine rings is 1. The van der Waals surface area contributed by atoms with Crippen LogP contribution in [0.2, 0.25) is 0 Å². The molecular weight excluding hydrogens is 409 g/mol. The molecule has 0 radical (unpaired) electrons. The number of ketones is 1. The highest BCUT2D eigenvalue weighted by Gasteiger charge is 2.43. The number of aromatic nitrogens is 3. The first-order valence-electron chi connectivity index (χ1n) is 10.1. The molecule has 1 aliphatic rings. The van der Waals surface area contributed by atoms with Gasteiger partial charge in [0.1, 0.15) is 5.69 Å². The van der Waals surface area contributed by atoms with E-state index in [1.165, 1.54) is 6.92 Å². The summed E-state index contributed by atoms with van der Waals surface area (Å²) in [5.41, 5.74) is 3.53. The molecule has 1 fully saturated rings. The fraction of sp³-hybridized carbons (Fsp3) is 0.409. The zero-order valence-corrected chi connectivity index (χ0v) is 17.3. The van der Waals surface area contributed by atoms with Gasteiger partial charge in [0.05, 0.1) is 18.3 Å². The summed E-state index contributed by atoms with van der Waals surface area (Å²) in [5, 5.41) is 5.18. The predicted octanol–water partition coefficient (Wildman–Crippen LogP) is 4.08. The highest BCUT2D eigenvalue weighted by atomic mass is 19.4. The Hall–Kier alpha value is -2.78. The molecule has 3 heterocycles. The van der Waals surface area contributed by atoms with Crippen LogP contribution in [0.15, 0.2) is 36.7 Å². The van der Waals surface area contributed by atoms with Gasteiger partial charge in [-0.15, -0.1) is 0 Å². The van der Waals surface area contributed by atoms with Crippen LogP contribution in [0.3, 0.4) is 0 Å². The Balaban J connectivity index is 1.67. The molecule has 0 N–H and O–H groups in total. The lowest BCUT2D eigenvalue weighted by molar-refractivity contribution is -0.237. The minimum atomic E-state index is -4.38. The molecule has 0 bridgehead atoms. The van der Waals surface area contributed by atoms with E-state index in [1.54, 1.807) is 21.8 Å². The van der Waals surface area contributed by atoms with Crippen LogP contribution < -0.4 is 0 Å². The van der Waals surface area contributed by atoms with E-state index in [1.807, 2.05) is 31.3 Å². The Labute approximate surface area is 177 Å². The van der Waals surface area contributed by atoms with Crippen LogP contribution in [0.4, 0.5) is 13.2 Å². The first-order chi connectivity index (χ1) is 14.7. The highest BCUT2D eigenvalue weighted by molar-refractivity contribution is 6.01. The molecule has 0 amide bonds. The second-order valence-electron chi connectivity index (χ2n) is 7.68. The number of aryl methyl sites for hydroxylation is 1. The van der Waals surface area contributed by atoms with Crippen molar-refractivity contribution in [2.24, 2.45) is 0 Å². The molecule has 1 atom stereocenters. The second-order valence-corrected chi connectivity index (χ2v) is 7.68. The van der Waals surface area contributed by atoms with Crippen molar-refractivity contribution < 1.29 is 22.7 Å². The number of morpholine rings is 1. The largest absolute Gasteiger partial charge is 0.415 e. The summed E-state index contributed by atoms with van der Waals surface area (Å²) in [6.07, 6.45) is -2.48. The average molecular weight is 432 g/mol. The number of rotatable bonds is 5. The number of fused-ring (bicyclic) bond motifs is 1. The van der Waals surface area contributed by atoms with Gasteiger partial charge in [-0.05, 0) is 30.2 Å². The molecule has 0 saturated carbocycles. The lowest BCUT2D eigenvalue weighted by atomic mass is 10.00. The van der Waals surface area contributed by atoms with E-state index >= 15 is 0 Å². The van der Waals surface area contributed by atoms with Crippen LogP contribution >= 0.6 is 0 Å². The van der Waals surface area contributed by atoms with Gasteiger partial charge < -0.3 is 4.74 Å². The third kappa shape index (κ3) is 4.62. The maximum absolute atomic E-state index is 13.0. The van der Waals surface area contributed by atoms with E-state index in [2.05, 4.69) is 10.1 Å². The first-order valence-corrected chi connectivity index (χ1v) is 10.1. The van der Waals surface area contributed by atoms with Crippen molar-refractivity contribution in [1.82, 2.24) is 19.7 Å². The Morgan fingerprint density at radius 1 is 1.29 bits per heavy atom. The Kier molecular flexibility index (Phi) is 5.81. The van der Waals surface area contributed by atoms with Gasteiger partial charge in [-0.3, -0.25) is 14.4 Å². The molecule has 0 spiro atoms. The molecule has 0 aliphatic carbocycles. The number of ether oxygens (including phenoxy) is 1. The number of hydrogen-bond donors (Lipinski definition) is 0. The van der Waals surface area contributed by atoms with Gasteiger partial charge in [0.25, 0.3) is 0 Å². The number of Topliss-reactive ketones (excluding diaryl/α,β-unsaturated/α-hetero) is 1. The number of carbonyl (C=O) groups is 1. The van der Waals surface area contributed by atoms with Gasteiger partial charge in [0.15, 0.2) is 11.9 Å². The quantitative estimate of drug-likeness (QED) is 0.569. The Bertz CT molecular complexity index is 1110. The minimum absolute atomic E-state index is 0.0378. The maximum atomic E-state index is 13.0. The summed E-state index contributed by atoms with van der Waals surface area (Å²) in [6.45, 7) is 4.78. The third-order valence-corrected chi connectivity index (χ3v) is 5.43. The van der Waals surface area contributed by atoms with Crippen molar-refractivity contribution in [3.8, 4) is 11.1 Å². The molecule has 1 unspecified atom stereocenters. The van der Waals surface area contributed by atoms with Crippen LogP contribution in [0.5, 0.6) is 0 Å². The molecule has 164 valence electrons. The SMILES string of the molecule is CCn1cc(-c2cc(C(C)=O)nc3cc(CN4CCOC(C(F)(F)F)C4)ccc23)cn1. The molecule has 1 saturated heterocycles. The molecule has 9 heteroatoms. The van der Waals surface area contributed by atoms with E-state index in [4.69, 9.17) is 4.74 Å². The molecule has 1 aliphatic heterocycles. The summed E-state index contributed by atoms with van der Waals surface area (Å²) < 4.78 is 45.7. The van der Waals surface area contributed by atoms with Gasteiger partial charge in [0.2, 0.25) is 0 Å². The fourth-order valence-corrected chi connectivity index (χ4v) is 3.77. The van der Waals surface area contributed by atoms with E-state index in [0.29, 0.717) is 24.3 Å². The van der Waals surface area contributed by atoms with Crippen LogP contribution in [0.1, 0.15) is 29.9 Å².